The average molecular weight is 226 g/mol. The number of hydrogen-bond acceptors (Lipinski definition) is 3. The molecule has 0 unspecified atom stereocenters. The molecule has 0 radical (unpaired) electrons. The predicted octanol–water partition coefficient (Wildman–Crippen LogP) is 3.18. The lowest BCUT2D eigenvalue weighted by Crippen LogP contribution is -1.91. The van der Waals surface area contributed by atoms with E-state index in [9.17, 15) is 4.79 Å². The Bertz CT molecular complexity index is 362. The lowest BCUT2D eigenvalue weighted by molar-refractivity contribution is 0.0661. The molecule has 3 nitrogen and oxygen atoms in total. The van der Waals surface area contributed by atoms with E-state index < -0.39 is 5.97 Å². The minimum absolute atomic E-state index is 0.00724. The summed E-state index contributed by atoms with van der Waals surface area (Å²) in [5.41, 5.74) is 1.29. The summed E-state index contributed by atoms with van der Waals surface area (Å²) in [6.07, 6.45) is 2.13. The van der Waals surface area contributed by atoms with Crippen molar-refractivity contribution in [2.75, 3.05) is 5.75 Å². The van der Waals surface area contributed by atoms with Crippen LogP contribution >= 0.6 is 11.8 Å². The molecule has 4 heteroatoms. The van der Waals surface area contributed by atoms with Gasteiger partial charge in [0.15, 0.2) is 0 Å². The van der Waals surface area contributed by atoms with E-state index in [1.165, 1.54) is 11.6 Å². The highest BCUT2D eigenvalue weighted by molar-refractivity contribution is 7.98. The van der Waals surface area contributed by atoms with Crippen LogP contribution in [-0.2, 0) is 5.75 Å². The van der Waals surface area contributed by atoms with Crippen LogP contribution in [0.4, 0.5) is 0 Å². The first-order valence-corrected chi connectivity index (χ1v) is 5.78. The van der Waals surface area contributed by atoms with Crippen LogP contribution in [0.3, 0.4) is 0 Å². The van der Waals surface area contributed by atoms with Crippen LogP contribution in [0.2, 0.25) is 0 Å². The number of carboxylic acids is 1. The number of carboxylic acid groups (broad SMARTS) is 1. The van der Waals surface area contributed by atoms with E-state index in [1.807, 2.05) is 0 Å². The second-order valence-electron chi connectivity index (χ2n) is 3.37. The number of aromatic carboxylic acids is 1. The van der Waals surface area contributed by atoms with Crippen molar-refractivity contribution in [2.45, 2.75) is 19.6 Å². The Labute approximate surface area is 93.2 Å². The van der Waals surface area contributed by atoms with Gasteiger partial charge in [-0.25, -0.2) is 4.79 Å². The Morgan fingerprint density at radius 1 is 1.53 bits per heavy atom. The fraction of sp³-hybridized carbons (Fsp3) is 0.364. The van der Waals surface area contributed by atoms with E-state index in [-0.39, 0.29) is 5.76 Å². The van der Waals surface area contributed by atoms with Crippen molar-refractivity contribution < 1.29 is 14.3 Å². The number of thioether (sulfide) groups is 1. The summed E-state index contributed by atoms with van der Waals surface area (Å²) >= 11 is 1.70. The molecule has 0 bridgehead atoms. The number of carbonyl (C=O) groups is 1. The van der Waals surface area contributed by atoms with Crippen LogP contribution in [0.15, 0.2) is 28.2 Å². The van der Waals surface area contributed by atoms with E-state index >= 15 is 0 Å². The minimum atomic E-state index is -1.02. The van der Waals surface area contributed by atoms with Crippen LogP contribution in [0, 0.1) is 0 Å². The molecule has 0 aromatic carbocycles. The molecule has 1 rings (SSSR count). The van der Waals surface area contributed by atoms with Gasteiger partial charge in [-0.3, -0.25) is 0 Å². The molecule has 0 atom stereocenters. The van der Waals surface area contributed by atoms with Gasteiger partial charge in [0, 0.05) is 5.75 Å². The molecule has 0 aliphatic carbocycles. The first-order valence-electron chi connectivity index (χ1n) is 4.62. The average Bonchev–Trinajstić information content (AvgIpc) is 2.60. The maximum absolute atomic E-state index is 10.5. The van der Waals surface area contributed by atoms with E-state index in [4.69, 9.17) is 9.52 Å². The predicted molar refractivity (Wildman–Crippen MR) is 61.3 cm³/mol. The smallest absolute Gasteiger partial charge is 0.371 e. The third-order valence-corrected chi connectivity index (χ3v) is 2.62. The van der Waals surface area contributed by atoms with E-state index in [1.54, 1.807) is 17.8 Å². The molecule has 0 amide bonds. The molecule has 1 N–H and O–H groups in total. The molecule has 1 aromatic rings. The summed E-state index contributed by atoms with van der Waals surface area (Å²) in [5.74, 6) is 1.32. The van der Waals surface area contributed by atoms with Crippen molar-refractivity contribution in [3.8, 4) is 0 Å². The number of furan rings is 1. The van der Waals surface area contributed by atoms with Crippen molar-refractivity contribution in [3.63, 3.8) is 0 Å². The fourth-order valence-corrected chi connectivity index (χ4v) is 1.88. The van der Waals surface area contributed by atoms with Crippen LogP contribution in [0.1, 0.15) is 30.2 Å². The summed E-state index contributed by atoms with van der Waals surface area (Å²) < 4.78 is 5.11. The van der Waals surface area contributed by atoms with Gasteiger partial charge in [-0.2, -0.15) is 0 Å². The largest absolute Gasteiger partial charge is 0.475 e. The quantitative estimate of drug-likeness (QED) is 0.619. The molecule has 0 saturated heterocycles. The molecule has 82 valence electrons. The molecule has 1 heterocycles. The Morgan fingerprint density at radius 3 is 2.80 bits per heavy atom. The van der Waals surface area contributed by atoms with Crippen molar-refractivity contribution in [1.82, 2.24) is 0 Å². The summed E-state index contributed by atoms with van der Waals surface area (Å²) in [6.45, 7) is 4.10. The Balaban J connectivity index is 2.38. The van der Waals surface area contributed by atoms with Gasteiger partial charge >= 0.3 is 5.97 Å². The third kappa shape index (κ3) is 4.25. The highest BCUT2D eigenvalue weighted by atomic mass is 32.2. The van der Waals surface area contributed by atoms with Gasteiger partial charge in [0.25, 0.3) is 0 Å². The highest BCUT2D eigenvalue weighted by Gasteiger charge is 2.08. The summed E-state index contributed by atoms with van der Waals surface area (Å²) in [4.78, 5) is 10.5. The van der Waals surface area contributed by atoms with Crippen molar-refractivity contribution in [3.05, 3.63) is 35.3 Å². The first kappa shape index (κ1) is 11.9. The standard InChI is InChI=1S/C11H14O3S/c1-8(2)5-6-15-7-9-3-4-10(14-9)11(12)13/h3-5H,6-7H2,1-2H3,(H,12,13). The number of allylic oxidation sites excluding steroid dienone is 1. The summed E-state index contributed by atoms with van der Waals surface area (Å²) in [7, 11) is 0. The second-order valence-corrected chi connectivity index (χ2v) is 4.40. The maximum Gasteiger partial charge on any atom is 0.371 e. The van der Waals surface area contributed by atoms with Gasteiger partial charge < -0.3 is 9.52 Å². The zero-order valence-electron chi connectivity index (χ0n) is 8.82. The number of hydrogen-bond donors (Lipinski definition) is 1. The highest BCUT2D eigenvalue weighted by Crippen LogP contribution is 2.15. The van der Waals surface area contributed by atoms with Crippen LogP contribution in [-0.4, -0.2) is 16.8 Å². The summed E-state index contributed by atoms with van der Waals surface area (Å²) in [5, 5.41) is 8.63. The first-order chi connectivity index (χ1) is 7.09. The summed E-state index contributed by atoms with van der Waals surface area (Å²) in [6, 6.07) is 3.19. The Kier molecular flexibility index (Phi) is 4.49. The minimum Gasteiger partial charge on any atom is -0.475 e. The molecule has 0 fully saturated rings. The zero-order valence-corrected chi connectivity index (χ0v) is 9.63. The molecule has 1 aromatic heterocycles. The normalized spacial score (nSPS) is 10.0. The van der Waals surface area contributed by atoms with Gasteiger partial charge in [0.1, 0.15) is 5.76 Å². The third-order valence-electron chi connectivity index (χ3n) is 1.73. The van der Waals surface area contributed by atoms with Crippen molar-refractivity contribution in [1.29, 1.82) is 0 Å². The van der Waals surface area contributed by atoms with Crippen LogP contribution in [0.25, 0.3) is 0 Å². The molecule has 0 saturated carbocycles. The topological polar surface area (TPSA) is 50.4 Å². The van der Waals surface area contributed by atoms with Crippen molar-refractivity contribution >= 4 is 17.7 Å². The van der Waals surface area contributed by atoms with Gasteiger partial charge in [-0.1, -0.05) is 11.6 Å². The molecule has 0 aliphatic heterocycles. The monoisotopic (exact) mass is 226 g/mol. The van der Waals surface area contributed by atoms with E-state index in [0.29, 0.717) is 11.5 Å². The molecule has 0 aliphatic rings. The molecular weight excluding hydrogens is 212 g/mol. The Hall–Kier alpha value is -1.16. The lowest BCUT2D eigenvalue weighted by Gasteiger charge is -1.95. The van der Waals surface area contributed by atoms with Crippen LogP contribution in [0.5, 0.6) is 0 Å². The van der Waals surface area contributed by atoms with E-state index in [2.05, 4.69) is 19.9 Å². The van der Waals surface area contributed by atoms with E-state index in [0.717, 1.165) is 5.75 Å². The fourth-order valence-electron chi connectivity index (χ4n) is 0.956. The maximum atomic E-state index is 10.5. The van der Waals surface area contributed by atoms with Gasteiger partial charge in [-0.05, 0) is 26.0 Å². The van der Waals surface area contributed by atoms with Crippen molar-refractivity contribution in [2.24, 2.45) is 0 Å². The zero-order chi connectivity index (χ0) is 11.3. The molecule has 15 heavy (non-hydrogen) atoms. The molecule has 0 spiro atoms. The van der Waals surface area contributed by atoms with Gasteiger partial charge in [0.05, 0.1) is 5.75 Å². The van der Waals surface area contributed by atoms with Crippen LogP contribution < -0.4 is 0 Å². The SMILES string of the molecule is CC(C)=CCSCc1ccc(C(=O)O)o1. The van der Waals surface area contributed by atoms with Gasteiger partial charge in [0.2, 0.25) is 5.76 Å². The lowest BCUT2D eigenvalue weighted by atomic mass is 10.3. The number of rotatable bonds is 5. The molecular formula is C11H14O3S. The van der Waals surface area contributed by atoms with Gasteiger partial charge in [-0.15, -0.1) is 11.8 Å². The Morgan fingerprint density at radius 2 is 2.27 bits per heavy atom. The second kappa shape index (κ2) is 5.66.